The fourth-order valence-electron chi connectivity index (χ4n) is 2.66. The number of carbonyl (C=O) groups is 1. The Labute approximate surface area is 118 Å². The van der Waals surface area contributed by atoms with Crippen LogP contribution in [0.25, 0.3) is 0 Å². The van der Waals surface area contributed by atoms with Crippen LogP contribution in [0.1, 0.15) is 73.1 Å². The van der Waals surface area contributed by atoms with Crippen molar-refractivity contribution in [1.29, 1.82) is 0 Å². The van der Waals surface area contributed by atoms with Crippen LogP contribution in [-0.2, 0) is 4.79 Å². The van der Waals surface area contributed by atoms with Gasteiger partial charge in [-0.3, -0.25) is 4.79 Å². The van der Waals surface area contributed by atoms with Crippen molar-refractivity contribution < 1.29 is 4.79 Å². The smallest absolute Gasteiger partial charge is 0.227 e. The Morgan fingerprint density at radius 2 is 1.68 bits per heavy atom. The van der Waals surface area contributed by atoms with Crippen molar-refractivity contribution in [3.63, 3.8) is 0 Å². The number of carbonyl (C=O) groups excluding carboxylic acids is 1. The molecule has 1 aliphatic carbocycles. The average molecular weight is 268 g/mol. The van der Waals surface area contributed by atoms with Crippen LogP contribution in [0.4, 0.5) is 0 Å². The summed E-state index contributed by atoms with van der Waals surface area (Å²) < 4.78 is 0. The molecule has 0 bridgehead atoms. The zero-order chi connectivity index (χ0) is 14.7. The summed E-state index contributed by atoms with van der Waals surface area (Å²) in [5, 5.41) is 3.21. The lowest BCUT2D eigenvalue weighted by molar-refractivity contribution is -0.133. The highest BCUT2D eigenvalue weighted by Crippen LogP contribution is 2.31. The van der Waals surface area contributed by atoms with E-state index in [-0.39, 0.29) is 5.91 Å². The summed E-state index contributed by atoms with van der Waals surface area (Å²) in [5.74, 6) is 0.969. The molecule has 3 nitrogen and oxygen atoms in total. The number of amides is 1. The lowest BCUT2D eigenvalue weighted by atomic mass is 9.74. The quantitative estimate of drug-likeness (QED) is 0.804. The Hall–Kier alpha value is -0.570. The van der Waals surface area contributed by atoms with E-state index in [1.165, 1.54) is 25.7 Å². The van der Waals surface area contributed by atoms with E-state index >= 15 is 0 Å². The van der Waals surface area contributed by atoms with E-state index in [0.29, 0.717) is 6.04 Å². The van der Waals surface area contributed by atoms with Gasteiger partial charge in [0.05, 0.1) is 5.41 Å². The summed E-state index contributed by atoms with van der Waals surface area (Å²) in [7, 11) is 0. The summed E-state index contributed by atoms with van der Waals surface area (Å²) in [5.41, 5.74) is 5.08. The number of rotatable bonds is 5. The fourth-order valence-corrected chi connectivity index (χ4v) is 2.66. The molecule has 0 unspecified atom stereocenters. The third kappa shape index (κ3) is 4.20. The van der Waals surface area contributed by atoms with Gasteiger partial charge in [0.2, 0.25) is 5.91 Å². The van der Waals surface area contributed by atoms with Gasteiger partial charge in [0.25, 0.3) is 0 Å². The van der Waals surface area contributed by atoms with E-state index < -0.39 is 11.0 Å². The molecule has 19 heavy (non-hydrogen) atoms. The van der Waals surface area contributed by atoms with Gasteiger partial charge >= 0.3 is 0 Å². The molecule has 0 saturated heterocycles. The molecule has 0 aromatic heterocycles. The van der Waals surface area contributed by atoms with Crippen molar-refractivity contribution in [3.8, 4) is 0 Å². The van der Waals surface area contributed by atoms with Crippen molar-refractivity contribution in [2.75, 3.05) is 0 Å². The lowest BCUT2D eigenvalue weighted by Crippen LogP contribution is -2.57. The molecule has 0 radical (unpaired) electrons. The van der Waals surface area contributed by atoms with Crippen LogP contribution in [0.5, 0.6) is 0 Å². The number of nitrogens with two attached hydrogens (primary N) is 1. The molecule has 0 heterocycles. The van der Waals surface area contributed by atoms with Gasteiger partial charge in [-0.2, -0.15) is 0 Å². The Kier molecular flexibility index (Phi) is 5.43. The average Bonchev–Trinajstić information content (AvgIpc) is 2.30. The number of nitrogens with one attached hydrogen (secondary N) is 1. The van der Waals surface area contributed by atoms with Crippen LogP contribution in [-0.4, -0.2) is 17.5 Å². The van der Waals surface area contributed by atoms with Gasteiger partial charge < -0.3 is 11.1 Å². The third-order valence-corrected chi connectivity index (χ3v) is 5.06. The molecule has 0 aromatic carbocycles. The molecule has 0 atom stereocenters. The number of hydrogen-bond donors (Lipinski definition) is 2. The maximum atomic E-state index is 12.4. The van der Waals surface area contributed by atoms with E-state index in [4.69, 9.17) is 5.73 Å². The van der Waals surface area contributed by atoms with Gasteiger partial charge in [-0.1, -0.05) is 19.8 Å². The van der Waals surface area contributed by atoms with Gasteiger partial charge in [-0.05, 0) is 59.3 Å². The van der Waals surface area contributed by atoms with E-state index in [1.807, 2.05) is 27.7 Å². The van der Waals surface area contributed by atoms with Crippen LogP contribution in [0.3, 0.4) is 0 Å². The summed E-state index contributed by atoms with van der Waals surface area (Å²) >= 11 is 0. The summed E-state index contributed by atoms with van der Waals surface area (Å²) in [6.45, 7) is 9.96. The Bertz CT molecular complexity index is 296. The summed E-state index contributed by atoms with van der Waals surface area (Å²) in [6, 6.07) is 0.349. The first-order valence-electron chi connectivity index (χ1n) is 7.78. The van der Waals surface area contributed by atoms with E-state index in [0.717, 1.165) is 18.8 Å². The second kappa shape index (κ2) is 6.25. The number of hydrogen-bond acceptors (Lipinski definition) is 2. The predicted molar refractivity (Wildman–Crippen MR) is 80.8 cm³/mol. The van der Waals surface area contributed by atoms with Gasteiger partial charge in [0, 0.05) is 11.6 Å². The highest BCUT2D eigenvalue weighted by Gasteiger charge is 2.41. The highest BCUT2D eigenvalue weighted by molar-refractivity contribution is 5.83. The Morgan fingerprint density at radius 1 is 1.16 bits per heavy atom. The summed E-state index contributed by atoms with van der Waals surface area (Å²) in [4.78, 5) is 12.4. The monoisotopic (exact) mass is 268 g/mol. The zero-order valence-corrected chi connectivity index (χ0v) is 13.4. The van der Waals surface area contributed by atoms with E-state index in [9.17, 15) is 4.79 Å². The van der Waals surface area contributed by atoms with Crippen molar-refractivity contribution >= 4 is 5.91 Å². The first-order chi connectivity index (χ1) is 8.68. The van der Waals surface area contributed by atoms with Crippen LogP contribution >= 0.6 is 0 Å². The first kappa shape index (κ1) is 16.5. The molecule has 1 aliphatic rings. The molecule has 1 fully saturated rings. The topological polar surface area (TPSA) is 55.1 Å². The minimum Gasteiger partial charge on any atom is -0.353 e. The predicted octanol–water partition coefficient (Wildman–Crippen LogP) is 3.23. The largest absolute Gasteiger partial charge is 0.353 e. The fraction of sp³-hybridized carbons (Fsp3) is 0.938. The second-order valence-corrected chi connectivity index (χ2v) is 7.33. The summed E-state index contributed by atoms with van der Waals surface area (Å²) in [6.07, 6.45) is 7.36. The van der Waals surface area contributed by atoms with Gasteiger partial charge in [-0.15, -0.1) is 0 Å². The molecule has 1 rings (SSSR count). The SMILES string of the molecule is CCCC1CCC(NC(=O)C(C)(C)C(C)(C)N)CC1. The van der Waals surface area contributed by atoms with Crippen LogP contribution in [0.15, 0.2) is 0 Å². The minimum absolute atomic E-state index is 0.0962. The Balaban J connectivity index is 2.47. The lowest BCUT2D eigenvalue weighted by Gasteiger charge is -2.39. The van der Waals surface area contributed by atoms with Crippen LogP contribution < -0.4 is 11.1 Å². The van der Waals surface area contributed by atoms with Crippen molar-refractivity contribution in [3.05, 3.63) is 0 Å². The maximum absolute atomic E-state index is 12.4. The van der Waals surface area contributed by atoms with Crippen molar-refractivity contribution in [2.45, 2.75) is 84.7 Å². The minimum atomic E-state index is -0.534. The second-order valence-electron chi connectivity index (χ2n) is 7.33. The molecule has 1 amide bonds. The van der Waals surface area contributed by atoms with E-state index in [2.05, 4.69) is 12.2 Å². The molecule has 0 aliphatic heterocycles. The molecule has 3 N–H and O–H groups in total. The van der Waals surface area contributed by atoms with Crippen molar-refractivity contribution in [1.82, 2.24) is 5.32 Å². The first-order valence-corrected chi connectivity index (χ1v) is 7.78. The highest BCUT2D eigenvalue weighted by atomic mass is 16.2. The molecule has 112 valence electrons. The maximum Gasteiger partial charge on any atom is 0.227 e. The molecule has 0 spiro atoms. The van der Waals surface area contributed by atoms with Crippen molar-refractivity contribution in [2.24, 2.45) is 17.1 Å². The molecule has 1 saturated carbocycles. The van der Waals surface area contributed by atoms with Gasteiger partial charge in [0.15, 0.2) is 0 Å². The third-order valence-electron chi connectivity index (χ3n) is 5.06. The molecule has 3 heteroatoms. The van der Waals surface area contributed by atoms with Crippen LogP contribution in [0.2, 0.25) is 0 Å². The standard InChI is InChI=1S/C16H32N2O/c1-6-7-12-8-10-13(11-9-12)18-14(19)15(2,3)16(4,5)17/h12-13H,6-11,17H2,1-5H3,(H,18,19). The molecule has 0 aromatic rings. The zero-order valence-electron chi connectivity index (χ0n) is 13.4. The van der Waals surface area contributed by atoms with E-state index in [1.54, 1.807) is 0 Å². The van der Waals surface area contributed by atoms with Gasteiger partial charge in [-0.25, -0.2) is 0 Å². The van der Waals surface area contributed by atoms with Gasteiger partial charge in [0.1, 0.15) is 0 Å². The molecular weight excluding hydrogens is 236 g/mol. The Morgan fingerprint density at radius 3 is 2.11 bits per heavy atom. The normalized spacial score (nSPS) is 25.2. The van der Waals surface area contributed by atoms with Crippen LogP contribution in [0, 0.1) is 11.3 Å². The molecular formula is C16H32N2O.